The fourth-order valence-electron chi connectivity index (χ4n) is 1.20. The van der Waals surface area contributed by atoms with E-state index in [1.807, 2.05) is 12.1 Å². The van der Waals surface area contributed by atoms with E-state index in [0.717, 1.165) is 11.3 Å². The Morgan fingerprint density at radius 2 is 1.82 bits per heavy atom. The van der Waals surface area contributed by atoms with Gasteiger partial charge in [0.25, 0.3) is 0 Å². The largest absolute Gasteiger partial charge is 0.278 e. The van der Waals surface area contributed by atoms with Crippen LogP contribution in [0.5, 0.6) is 0 Å². The van der Waals surface area contributed by atoms with Gasteiger partial charge in [0.05, 0.1) is 21.9 Å². The number of nitrogens with zero attached hydrogens (tertiary/aromatic N) is 2. The van der Waals surface area contributed by atoms with Crippen molar-refractivity contribution < 1.29 is 0 Å². The summed E-state index contributed by atoms with van der Waals surface area (Å²) in [5.41, 5.74) is 4.61. The lowest BCUT2D eigenvalue weighted by atomic mass is 10.3. The standard InChI is InChI=1S/C12H9Cl2N3/c13-11-2-1-10(7-12(11)14)17-16-8-9-3-5-15-6-4-9/h1-8,17H. The Balaban J connectivity index is 2.03. The fraction of sp³-hybridized carbons (Fsp3) is 0. The van der Waals surface area contributed by atoms with E-state index in [1.165, 1.54) is 0 Å². The summed E-state index contributed by atoms with van der Waals surface area (Å²) in [6.07, 6.45) is 5.12. The van der Waals surface area contributed by atoms with E-state index in [4.69, 9.17) is 23.2 Å². The minimum absolute atomic E-state index is 0.496. The molecule has 0 saturated carbocycles. The highest BCUT2D eigenvalue weighted by atomic mass is 35.5. The number of nitrogens with one attached hydrogen (secondary N) is 1. The zero-order valence-electron chi connectivity index (χ0n) is 8.77. The molecule has 1 aromatic carbocycles. The summed E-state index contributed by atoms with van der Waals surface area (Å²) in [4.78, 5) is 3.92. The molecule has 17 heavy (non-hydrogen) atoms. The zero-order valence-corrected chi connectivity index (χ0v) is 10.3. The Morgan fingerprint density at radius 3 is 2.53 bits per heavy atom. The van der Waals surface area contributed by atoms with E-state index in [9.17, 15) is 0 Å². The van der Waals surface area contributed by atoms with Gasteiger partial charge in [0, 0.05) is 12.4 Å². The molecule has 0 aliphatic heterocycles. The Labute approximate surface area is 109 Å². The highest BCUT2D eigenvalue weighted by molar-refractivity contribution is 6.42. The first-order valence-electron chi connectivity index (χ1n) is 4.90. The van der Waals surface area contributed by atoms with Gasteiger partial charge in [-0.2, -0.15) is 5.10 Å². The smallest absolute Gasteiger partial charge is 0.0613 e. The number of hydrazone groups is 1. The van der Waals surface area contributed by atoms with Crippen LogP contribution >= 0.6 is 23.2 Å². The van der Waals surface area contributed by atoms with Crippen LogP contribution in [-0.2, 0) is 0 Å². The monoisotopic (exact) mass is 265 g/mol. The van der Waals surface area contributed by atoms with Crippen molar-refractivity contribution in [3.05, 3.63) is 58.3 Å². The van der Waals surface area contributed by atoms with E-state index in [1.54, 1.807) is 36.8 Å². The van der Waals surface area contributed by atoms with Gasteiger partial charge in [0.1, 0.15) is 0 Å². The molecule has 0 saturated heterocycles. The van der Waals surface area contributed by atoms with E-state index >= 15 is 0 Å². The van der Waals surface area contributed by atoms with Gasteiger partial charge in [-0.25, -0.2) is 0 Å². The summed E-state index contributed by atoms with van der Waals surface area (Å²) in [5, 5.41) is 5.10. The first kappa shape index (κ1) is 11.9. The van der Waals surface area contributed by atoms with Crippen molar-refractivity contribution >= 4 is 35.1 Å². The topological polar surface area (TPSA) is 37.3 Å². The molecule has 0 fully saturated rings. The van der Waals surface area contributed by atoms with Crippen molar-refractivity contribution in [2.45, 2.75) is 0 Å². The van der Waals surface area contributed by atoms with Gasteiger partial charge in [-0.05, 0) is 35.9 Å². The van der Waals surface area contributed by atoms with Crippen LogP contribution in [0.3, 0.4) is 0 Å². The van der Waals surface area contributed by atoms with Crippen molar-refractivity contribution in [1.82, 2.24) is 4.98 Å². The summed E-state index contributed by atoms with van der Waals surface area (Å²) >= 11 is 11.7. The van der Waals surface area contributed by atoms with Crippen LogP contribution in [-0.4, -0.2) is 11.2 Å². The first-order valence-corrected chi connectivity index (χ1v) is 5.65. The van der Waals surface area contributed by atoms with E-state index < -0.39 is 0 Å². The second-order valence-electron chi connectivity index (χ2n) is 3.28. The van der Waals surface area contributed by atoms with Crippen molar-refractivity contribution in [3.63, 3.8) is 0 Å². The molecule has 2 rings (SSSR count). The highest BCUT2D eigenvalue weighted by Crippen LogP contribution is 2.24. The number of benzene rings is 1. The van der Waals surface area contributed by atoms with Gasteiger partial charge in [-0.1, -0.05) is 23.2 Å². The Bertz CT molecular complexity index is 527. The molecule has 0 spiro atoms. The van der Waals surface area contributed by atoms with Crippen LogP contribution < -0.4 is 5.43 Å². The molecular formula is C12H9Cl2N3. The molecule has 5 heteroatoms. The molecule has 0 atom stereocenters. The van der Waals surface area contributed by atoms with Crippen LogP contribution in [0.1, 0.15) is 5.56 Å². The normalized spacial score (nSPS) is 10.7. The van der Waals surface area contributed by atoms with Gasteiger partial charge in [0.2, 0.25) is 0 Å². The average Bonchev–Trinajstić information content (AvgIpc) is 2.35. The molecule has 0 aliphatic rings. The number of hydrogen-bond acceptors (Lipinski definition) is 3. The lowest BCUT2D eigenvalue weighted by Crippen LogP contribution is -1.90. The third-order valence-electron chi connectivity index (χ3n) is 2.03. The third kappa shape index (κ3) is 3.44. The van der Waals surface area contributed by atoms with Crippen molar-refractivity contribution in [2.75, 3.05) is 5.43 Å². The zero-order chi connectivity index (χ0) is 12.1. The van der Waals surface area contributed by atoms with Gasteiger partial charge in [-0.15, -0.1) is 0 Å². The second-order valence-corrected chi connectivity index (χ2v) is 4.09. The molecule has 0 bridgehead atoms. The summed E-state index contributed by atoms with van der Waals surface area (Å²) in [5.74, 6) is 0. The molecule has 0 unspecified atom stereocenters. The lowest BCUT2D eigenvalue weighted by molar-refractivity contribution is 1.31. The van der Waals surface area contributed by atoms with Crippen molar-refractivity contribution in [1.29, 1.82) is 0 Å². The summed E-state index contributed by atoms with van der Waals surface area (Å²) < 4.78 is 0. The number of rotatable bonds is 3. The van der Waals surface area contributed by atoms with Crippen molar-refractivity contribution in [2.24, 2.45) is 5.10 Å². The maximum atomic E-state index is 5.88. The van der Waals surface area contributed by atoms with Gasteiger partial charge >= 0.3 is 0 Å². The molecule has 2 aromatic rings. The number of anilines is 1. The number of hydrogen-bond donors (Lipinski definition) is 1. The molecule has 1 aromatic heterocycles. The fourth-order valence-corrected chi connectivity index (χ4v) is 1.49. The SMILES string of the molecule is Clc1ccc(NN=Cc2ccncc2)cc1Cl. The Morgan fingerprint density at radius 1 is 1.06 bits per heavy atom. The summed E-state index contributed by atoms with van der Waals surface area (Å²) in [6, 6.07) is 8.96. The Kier molecular flexibility index (Phi) is 3.96. The predicted molar refractivity (Wildman–Crippen MR) is 71.9 cm³/mol. The van der Waals surface area contributed by atoms with Crippen LogP contribution in [0.15, 0.2) is 47.8 Å². The van der Waals surface area contributed by atoms with Crippen LogP contribution in [0, 0.1) is 0 Å². The quantitative estimate of drug-likeness (QED) is 0.677. The van der Waals surface area contributed by atoms with Gasteiger partial charge < -0.3 is 0 Å². The summed E-state index contributed by atoms with van der Waals surface area (Å²) in [7, 11) is 0. The van der Waals surface area contributed by atoms with Crippen LogP contribution in [0.25, 0.3) is 0 Å². The molecule has 86 valence electrons. The minimum atomic E-state index is 0.496. The molecule has 1 N–H and O–H groups in total. The second kappa shape index (κ2) is 5.66. The van der Waals surface area contributed by atoms with Crippen LogP contribution in [0.2, 0.25) is 10.0 Å². The lowest BCUT2D eigenvalue weighted by Gasteiger charge is -2.01. The Hall–Kier alpha value is -1.58. The molecular weight excluding hydrogens is 257 g/mol. The molecule has 0 aliphatic carbocycles. The van der Waals surface area contributed by atoms with Gasteiger partial charge in [0.15, 0.2) is 0 Å². The number of halogens is 2. The first-order chi connectivity index (χ1) is 8.25. The number of aromatic nitrogens is 1. The minimum Gasteiger partial charge on any atom is -0.278 e. The van der Waals surface area contributed by atoms with E-state index in [-0.39, 0.29) is 0 Å². The molecule has 1 heterocycles. The molecule has 3 nitrogen and oxygen atoms in total. The highest BCUT2D eigenvalue weighted by Gasteiger charge is 1.97. The average molecular weight is 266 g/mol. The van der Waals surface area contributed by atoms with Gasteiger partial charge in [-0.3, -0.25) is 10.4 Å². The molecule has 0 radical (unpaired) electrons. The van der Waals surface area contributed by atoms with E-state index in [2.05, 4.69) is 15.5 Å². The van der Waals surface area contributed by atoms with Crippen molar-refractivity contribution in [3.8, 4) is 0 Å². The predicted octanol–water partition coefficient (Wildman–Crippen LogP) is 3.83. The maximum Gasteiger partial charge on any atom is 0.0613 e. The maximum absolute atomic E-state index is 5.88. The summed E-state index contributed by atoms with van der Waals surface area (Å²) in [6.45, 7) is 0. The van der Waals surface area contributed by atoms with E-state index in [0.29, 0.717) is 10.0 Å². The molecule has 0 amide bonds. The van der Waals surface area contributed by atoms with Crippen LogP contribution in [0.4, 0.5) is 5.69 Å². The third-order valence-corrected chi connectivity index (χ3v) is 2.77. The number of pyridine rings is 1.